The highest BCUT2D eigenvalue weighted by Crippen LogP contribution is 2.40. The molecule has 0 radical (unpaired) electrons. The van der Waals surface area contributed by atoms with Crippen molar-refractivity contribution < 1.29 is 13.3 Å². The summed E-state index contributed by atoms with van der Waals surface area (Å²) in [4.78, 5) is 0. The van der Waals surface area contributed by atoms with Gasteiger partial charge in [-0.1, -0.05) is 65.3 Å². The van der Waals surface area contributed by atoms with Crippen molar-refractivity contribution >= 4 is 33.9 Å². The number of hydrogen-bond donors (Lipinski definition) is 1. The molecule has 10 heteroatoms. The second kappa shape index (κ2) is 12.4. The molecular weight excluding hydrogens is 568 g/mol. The first-order chi connectivity index (χ1) is 18.8. The summed E-state index contributed by atoms with van der Waals surface area (Å²) in [7, 11) is -3.95. The van der Waals surface area contributed by atoms with E-state index in [4.69, 9.17) is 24.9 Å². The molecule has 1 N–H and O–H groups in total. The van der Waals surface area contributed by atoms with Crippen LogP contribution in [0.15, 0.2) is 46.9 Å². The largest absolute Gasteiger partial charge is 0.418 e. The standard InChI is InChI=1S/C31H45ClN4O3Si2/c1-21(39-41(10,11)31(5,6)7)27(34-25-17-16-24(19-33)26(32)18-25)29-36-35-28(38-29)23-14-12-22(13-15-23)20-37-40(8,9)30(2,3)4/h12-18,21,27,34H,20H2,1-11H3/t21-,27+/m0/s1. The van der Waals surface area contributed by atoms with E-state index in [9.17, 15) is 5.26 Å². The van der Waals surface area contributed by atoms with Gasteiger partial charge >= 0.3 is 0 Å². The highest BCUT2D eigenvalue weighted by Gasteiger charge is 2.41. The van der Waals surface area contributed by atoms with Gasteiger partial charge in [0, 0.05) is 11.3 Å². The van der Waals surface area contributed by atoms with Crippen LogP contribution in [-0.2, 0) is 15.5 Å². The molecule has 0 saturated heterocycles. The van der Waals surface area contributed by atoms with Crippen LogP contribution >= 0.6 is 11.6 Å². The van der Waals surface area contributed by atoms with Crippen molar-refractivity contribution in [3.05, 3.63) is 64.5 Å². The number of nitrogens with zero attached hydrogens (tertiary/aromatic N) is 3. The zero-order valence-corrected chi connectivity index (χ0v) is 29.1. The van der Waals surface area contributed by atoms with Crippen molar-refractivity contribution in [3.8, 4) is 17.5 Å². The first kappa shape index (κ1) is 33.0. The molecule has 0 saturated carbocycles. The predicted molar refractivity (Wildman–Crippen MR) is 172 cm³/mol. The van der Waals surface area contributed by atoms with Crippen molar-refractivity contribution in [2.75, 3.05) is 5.32 Å². The van der Waals surface area contributed by atoms with Gasteiger partial charge in [0.1, 0.15) is 12.1 Å². The monoisotopic (exact) mass is 612 g/mol. The highest BCUT2D eigenvalue weighted by molar-refractivity contribution is 6.74. The Bertz CT molecular complexity index is 1370. The Hall–Kier alpha value is -2.49. The van der Waals surface area contributed by atoms with E-state index >= 15 is 0 Å². The third kappa shape index (κ3) is 8.08. The molecule has 1 heterocycles. The summed E-state index contributed by atoms with van der Waals surface area (Å²) in [5.41, 5.74) is 3.08. The van der Waals surface area contributed by atoms with E-state index in [-0.39, 0.29) is 16.2 Å². The lowest BCUT2D eigenvalue weighted by Gasteiger charge is -2.40. The molecule has 0 fully saturated rings. The number of nitrogens with one attached hydrogen (secondary N) is 1. The van der Waals surface area contributed by atoms with E-state index in [1.165, 1.54) is 0 Å². The van der Waals surface area contributed by atoms with E-state index < -0.39 is 22.7 Å². The van der Waals surface area contributed by atoms with Crippen LogP contribution < -0.4 is 5.32 Å². The van der Waals surface area contributed by atoms with Crippen LogP contribution in [0.1, 0.15) is 71.5 Å². The number of rotatable bonds is 10. The van der Waals surface area contributed by atoms with Gasteiger partial charge < -0.3 is 18.6 Å². The van der Waals surface area contributed by atoms with Gasteiger partial charge in [0.25, 0.3) is 0 Å². The molecule has 0 unspecified atom stereocenters. The number of aromatic nitrogens is 2. The Kier molecular flexibility index (Phi) is 9.99. The number of anilines is 1. The number of benzene rings is 2. The van der Waals surface area contributed by atoms with Crippen LogP contribution in [0.5, 0.6) is 0 Å². The van der Waals surface area contributed by atoms with E-state index in [2.05, 4.69) is 89.3 Å². The maximum Gasteiger partial charge on any atom is 0.247 e. The fourth-order valence-electron chi connectivity index (χ4n) is 3.67. The molecule has 0 bridgehead atoms. The third-order valence-corrected chi connectivity index (χ3v) is 17.8. The molecule has 3 rings (SSSR count). The fraction of sp³-hybridized carbons (Fsp3) is 0.516. The number of halogens is 1. The van der Waals surface area contributed by atoms with Crippen LogP contribution in [-0.4, -0.2) is 32.9 Å². The summed E-state index contributed by atoms with van der Waals surface area (Å²) in [5, 5.41) is 22.1. The molecule has 0 aliphatic rings. The molecule has 1 aromatic heterocycles. The van der Waals surface area contributed by atoms with Crippen molar-refractivity contribution in [2.24, 2.45) is 0 Å². The van der Waals surface area contributed by atoms with Crippen LogP contribution in [0.4, 0.5) is 5.69 Å². The zero-order chi connectivity index (χ0) is 30.8. The topological polar surface area (TPSA) is 93.2 Å². The minimum Gasteiger partial charge on any atom is -0.418 e. The molecule has 0 aliphatic heterocycles. The van der Waals surface area contributed by atoms with Crippen molar-refractivity contribution in [2.45, 2.75) is 103 Å². The highest BCUT2D eigenvalue weighted by atomic mass is 35.5. The lowest BCUT2D eigenvalue weighted by molar-refractivity contribution is 0.166. The second-order valence-corrected chi connectivity index (χ2v) is 23.7. The molecule has 41 heavy (non-hydrogen) atoms. The lowest BCUT2D eigenvalue weighted by atomic mass is 10.1. The quantitative estimate of drug-likeness (QED) is 0.228. The van der Waals surface area contributed by atoms with E-state index in [0.29, 0.717) is 29.0 Å². The Morgan fingerprint density at radius 2 is 1.56 bits per heavy atom. The van der Waals surface area contributed by atoms with Crippen molar-refractivity contribution in [1.29, 1.82) is 5.26 Å². The molecule has 0 spiro atoms. The fourth-order valence-corrected chi connectivity index (χ4v) is 6.27. The smallest absolute Gasteiger partial charge is 0.247 e. The van der Waals surface area contributed by atoms with Gasteiger partial charge in [-0.15, -0.1) is 10.2 Å². The maximum atomic E-state index is 9.28. The number of nitriles is 1. The molecule has 0 amide bonds. The average molecular weight is 613 g/mol. The molecule has 2 atom stereocenters. The Labute approximate surface area is 252 Å². The van der Waals surface area contributed by atoms with Gasteiger partial charge in [-0.3, -0.25) is 0 Å². The first-order valence-corrected chi connectivity index (χ1v) is 20.2. The summed E-state index contributed by atoms with van der Waals surface area (Å²) in [6, 6.07) is 15.0. The predicted octanol–water partition coefficient (Wildman–Crippen LogP) is 9.35. The van der Waals surface area contributed by atoms with Gasteiger partial charge in [0.2, 0.25) is 11.8 Å². The van der Waals surface area contributed by atoms with Crippen LogP contribution in [0.2, 0.25) is 41.3 Å². The van der Waals surface area contributed by atoms with Crippen LogP contribution in [0.25, 0.3) is 11.5 Å². The van der Waals surface area contributed by atoms with Gasteiger partial charge in [-0.25, -0.2) is 0 Å². The zero-order valence-electron chi connectivity index (χ0n) is 26.3. The molecule has 0 aliphatic carbocycles. The van der Waals surface area contributed by atoms with Gasteiger partial charge in [0.15, 0.2) is 16.6 Å². The maximum absolute atomic E-state index is 9.28. The Morgan fingerprint density at radius 3 is 2.10 bits per heavy atom. The van der Waals surface area contributed by atoms with E-state index in [1.54, 1.807) is 12.1 Å². The van der Waals surface area contributed by atoms with Crippen molar-refractivity contribution in [3.63, 3.8) is 0 Å². The average Bonchev–Trinajstić information content (AvgIpc) is 3.34. The van der Waals surface area contributed by atoms with Gasteiger partial charge in [-0.05, 0) is 79.1 Å². The Balaban J connectivity index is 1.86. The molecule has 2 aromatic carbocycles. The van der Waals surface area contributed by atoms with Gasteiger partial charge in [0.05, 0.1) is 23.3 Å². The summed E-state index contributed by atoms with van der Waals surface area (Å²) in [6.07, 6.45) is -0.284. The lowest BCUT2D eigenvalue weighted by Crippen LogP contribution is -2.45. The Morgan fingerprint density at radius 1 is 0.951 bits per heavy atom. The first-order valence-electron chi connectivity index (χ1n) is 14.1. The molecule has 3 aromatic rings. The minimum atomic E-state index is -2.11. The number of hydrogen-bond acceptors (Lipinski definition) is 7. The summed E-state index contributed by atoms with van der Waals surface area (Å²) >= 11 is 6.33. The van der Waals surface area contributed by atoms with Crippen molar-refractivity contribution in [1.82, 2.24) is 10.2 Å². The summed E-state index contributed by atoms with van der Waals surface area (Å²) in [6.45, 7) is 24.9. The normalized spacial score (nSPS) is 14.4. The van der Waals surface area contributed by atoms with Crippen LogP contribution in [0.3, 0.4) is 0 Å². The van der Waals surface area contributed by atoms with Gasteiger partial charge in [-0.2, -0.15) is 5.26 Å². The second-order valence-electron chi connectivity index (χ2n) is 13.7. The molecular formula is C31H45ClN4O3Si2. The summed E-state index contributed by atoms with van der Waals surface area (Å²) < 4.78 is 19.3. The third-order valence-electron chi connectivity index (χ3n) is 8.48. The molecule has 7 nitrogen and oxygen atoms in total. The van der Waals surface area contributed by atoms with E-state index in [1.807, 2.05) is 37.3 Å². The summed E-state index contributed by atoms with van der Waals surface area (Å²) in [5.74, 6) is 0.845. The van der Waals surface area contributed by atoms with Crippen LogP contribution in [0, 0.1) is 11.3 Å². The molecule has 222 valence electrons. The SMILES string of the molecule is C[C@H](O[Si](C)(C)C(C)(C)C)[C@@H](Nc1ccc(C#N)c(Cl)c1)c1nnc(-c2ccc(CO[Si](C)(C)C(C)(C)C)cc2)o1. The minimum absolute atomic E-state index is 0.0274. The van der Waals surface area contributed by atoms with E-state index in [0.717, 1.165) is 16.8 Å².